The molecule has 1 aromatic rings. The second-order valence-corrected chi connectivity index (χ2v) is 5.27. The van der Waals surface area contributed by atoms with E-state index in [4.69, 9.17) is 0 Å². The van der Waals surface area contributed by atoms with Crippen LogP contribution in [0.15, 0.2) is 35.5 Å². The third-order valence-corrected chi connectivity index (χ3v) is 2.40. The van der Waals surface area contributed by atoms with Gasteiger partial charge in [-0.3, -0.25) is 9.08 Å². The molecule has 0 aliphatic heterocycles. The van der Waals surface area contributed by atoms with Crippen molar-refractivity contribution in [3.63, 3.8) is 0 Å². The van der Waals surface area contributed by atoms with Gasteiger partial charge in [-0.05, 0) is 0 Å². The van der Waals surface area contributed by atoms with Crippen molar-refractivity contribution in [3.05, 3.63) is 35.9 Å². The zero-order valence-corrected chi connectivity index (χ0v) is 10.9. The van der Waals surface area contributed by atoms with Gasteiger partial charge in [-0.25, -0.2) is 0 Å². The molecule has 0 atom stereocenters. The number of hydrogen-bond acceptors (Lipinski definition) is 5. The summed E-state index contributed by atoms with van der Waals surface area (Å²) in [6.07, 6.45) is 0.658. The Balaban J connectivity index is 3.31. The van der Waals surface area contributed by atoms with Crippen LogP contribution in [0.3, 0.4) is 0 Å². The predicted molar refractivity (Wildman–Crippen MR) is 64.5 cm³/mol. The van der Waals surface area contributed by atoms with Crippen molar-refractivity contribution in [1.29, 1.82) is 0 Å². The maximum atomic E-state index is 13.7. The monoisotopic (exact) mass is 291 g/mol. The Morgan fingerprint density at radius 3 is 2.21 bits per heavy atom. The number of nitrogens with zero attached hydrogens (tertiary/aromatic N) is 1. The van der Waals surface area contributed by atoms with Crippen LogP contribution in [-0.2, 0) is 19.2 Å². The average Bonchev–Trinajstić information content (AvgIpc) is 2.28. The maximum Gasteiger partial charge on any atom is 0.350 e. The number of carbonyl (C=O) groups is 1. The van der Waals surface area contributed by atoms with Crippen LogP contribution in [0.25, 0.3) is 0 Å². The molecule has 0 N–H and O–H groups in total. The van der Waals surface area contributed by atoms with Gasteiger partial charge in [-0.15, -0.1) is 0 Å². The van der Waals surface area contributed by atoms with Crippen molar-refractivity contribution < 1.29 is 26.3 Å². The van der Waals surface area contributed by atoms with E-state index >= 15 is 0 Å². The largest absolute Gasteiger partial charge is 0.350 e. The van der Waals surface area contributed by atoms with E-state index in [2.05, 4.69) is 9.44 Å². The number of benzene rings is 1. The van der Waals surface area contributed by atoms with Gasteiger partial charge in [0.2, 0.25) is 5.78 Å². The van der Waals surface area contributed by atoms with Gasteiger partial charge in [0.1, 0.15) is 0 Å². The zero-order valence-electron chi connectivity index (χ0n) is 10.1. The van der Waals surface area contributed by atoms with Crippen LogP contribution in [0.5, 0.6) is 0 Å². The van der Waals surface area contributed by atoms with Crippen molar-refractivity contribution in [2.45, 2.75) is 12.8 Å². The molecular formula is C11H11F2NO4S. The van der Waals surface area contributed by atoms with Crippen molar-refractivity contribution in [2.24, 2.45) is 5.16 Å². The molecule has 8 heteroatoms. The number of carbonyl (C=O) groups excluding carboxylic acids is 1. The number of rotatable bonds is 5. The molecule has 0 amide bonds. The minimum Gasteiger partial charge on any atom is -0.293 e. The molecule has 19 heavy (non-hydrogen) atoms. The van der Waals surface area contributed by atoms with E-state index in [0.717, 1.165) is 0 Å². The van der Waals surface area contributed by atoms with Crippen LogP contribution in [0.4, 0.5) is 8.78 Å². The fourth-order valence-electron chi connectivity index (χ4n) is 1.16. The van der Waals surface area contributed by atoms with Gasteiger partial charge < -0.3 is 0 Å². The van der Waals surface area contributed by atoms with Crippen LogP contribution >= 0.6 is 0 Å². The lowest BCUT2D eigenvalue weighted by molar-refractivity contribution is -0.132. The van der Waals surface area contributed by atoms with E-state index < -0.39 is 27.5 Å². The molecule has 0 aromatic heterocycles. The molecule has 104 valence electrons. The van der Waals surface area contributed by atoms with Crippen LogP contribution in [0.2, 0.25) is 0 Å². The quantitative estimate of drug-likeness (QED) is 0.610. The Bertz CT molecular complexity index is 596. The molecule has 0 radical (unpaired) electrons. The first kappa shape index (κ1) is 15.2. The fourth-order valence-corrected chi connectivity index (χ4v) is 1.37. The minimum atomic E-state index is -4.05. The maximum absolute atomic E-state index is 13.7. The summed E-state index contributed by atoms with van der Waals surface area (Å²) in [4.78, 5) is 11.0. The highest BCUT2D eigenvalue weighted by molar-refractivity contribution is 7.85. The summed E-state index contributed by atoms with van der Waals surface area (Å²) in [7, 11) is -4.05. The average molecular weight is 291 g/mol. The molecule has 0 heterocycles. The first-order valence-corrected chi connectivity index (χ1v) is 6.87. The second kappa shape index (κ2) is 5.43. The van der Waals surface area contributed by atoms with Gasteiger partial charge in [-0.1, -0.05) is 35.5 Å². The van der Waals surface area contributed by atoms with Gasteiger partial charge in [-0.2, -0.15) is 17.2 Å². The molecule has 5 nitrogen and oxygen atoms in total. The summed E-state index contributed by atoms with van der Waals surface area (Å²) in [6, 6.07) is 7.00. The minimum absolute atomic E-state index is 0.105. The number of alkyl halides is 2. The van der Waals surface area contributed by atoms with Crippen LogP contribution < -0.4 is 0 Å². The Kier molecular flexibility index (Phi) is 4.35. The Hall–Kier alpha value is -1.83. The smallest absolute Gasteiger partial charge is 0.293 e. The molecule has 0 saturated heterocycles. The summed E-state index contributed by atoms with van der Waals surface area (Å²) in [5.74, 6) is -5.40. The standard InChI is InChI=1S/C11H11F2NO4S/c1-8(15)11(12,13)10(14-18-19(2,16)17)9-6-4-3-5-7-9/h3-7H,1-2H3. The number of ketones is 1. The van der Waals surface area contributed by atoms with Crippen molar-refractivity contribution in [2.75, 3.05) is 6.26 Å². The normalized spacial score (nSPS) is 13.2. The lowest BCUT2D eigenvalue weighted by atomic mass is 10.0. The van der Waals surface area contributed by atoms with Gasteiger partial charge in [0.25, 0.3) is 0 Å². The van der Waals surface area contributed by atoms with Crippen LogP contribution in [0, 0.1) is 0 Å². The van der Waals surface area contributed by atoms with E-state index in [9.17, 15) is 22.0 Å². The van der Waals surface area contributed by atoms with Crippen molar-refractivity contribution in [3.8, 4) is 0 Å². The third-order valence-electron chi connectivity index (χ3n) is 2.05. The van der Waals surface area contributed by atoms with E-state index in [-0.39, 0.29) is 5.56 Å². The molecule has 1 rings (SSSR count). The lowest BCUT2D eigenvalue weighted by Crippen LogP contribution is -2.37. The second-order valence-electron chi connectivity index (χ2n) is 3.72. The molecule has 0 aliphatic carbocycles. The Labute approximate surface area is 109 Å². The summed E-state index contributed by atoms with van der Waals surface area (Å²) in [5, 5.41) is 2.92. The van der Waals surface area contributed by atoms with E-state index in [1.54, 1.807) is 6.07 Å². The van der Waals surface area contributed by atoms with Crippen LogP contribution in [0.1, 0.15) is 12.5 Å². The first-order chi connectivity index (χ1) is 8.64. The van der Waals surface area contributed by atoms with E-state index in [1.807, 2.05) is 0 Å². The fraction of sp³-hybridized carbons (Fsp3) is 0.273. The van der Waals surface area contributed by atoms with Crippen LogP contribution in [-0.4, -0.2) is 32.1 Å². The molecule has 0 unspecified atom stereocenters. The topological polar surface area (TPSA) is 72.8 Å². The summed E-state index contributed by atoms with van der Waals surface area (Å²) in [5.41, 5.74) is -1.16. The molecule has 0 saturated carbocycles. The summed E-state index contributed by atoms with van der Waals surface area (Å²) >= 11 is 0. The van der Waals surface area contributed by atoms with Gasteiger partial charge >= 0.3 is 16.0 Å². The predicted octanol–water partition coefficient (Wildman–Crippen LogP) is 1.59. The Morgan fingerprint density at radius 1 is 1.26 bits per heavy atom. The van der Waals surface area contributed by atoms with Crippen molar-refractivity contribution >= 4 is 21.6 Å². The molecule has 0 spiro atoms. The molecule has 0 aliphatic rings. The molecule has 0 bridgehead atoms. The Morgan fingerprint density at radius 2 is 1.79 bits per heavy atom. The van der Waals surface area contributed by atoms with Gasteiger partial charge in [0, 0.05) is 12.5 Å². The molecular weight excluding hydrogens is 280 g/mol. The molecule has 0 fully saturated rings. The number of Topliss-reactive ketones (excluding diaryl/α,β-unsaturated/α-hetero) is 1. The van der Waals surface area contributed by atoms with E-state index in [1.165, 1.54) is 24.3 Å². The summed E-state index contributed by atoms with van der Waals surface area (Å²) in [6.45, 7) is 0.679. The summed E-state index contributed by atoms with van der Waals surface area (Å²) < 4.78 is 53.1. The van der Waals surface area contributed by atoms with Gasteiger partial charge in [0.05, 0.1) is 6.26 Å². The highest BCUT2D eigenvalue weighted by Crippen LogP contribution is 2.23. The van der Waals surface area contributed by atoms with Crippen molar-refractivity contribution in [1.82, 2.24) is 0 Å². The zero-order chi connectivity index (χ0) is 14.7. The number of hydrogen-bond donors (Lipinski definition) is 0. The first-order valence-electron chi connectivity index (χ1n) is 5.06. The van der Waals surface area contributed by atoms with Gasteiger partial charge in [0.15, 0.2) is 5.71 Å². The molecule has 1 aromatic carbocycles. The van der Waals surface area contributed by atoms with E-state index in [0.29, 0.717) is 13.2 Å². The third kappa shape index (κ3) is 4.09. The number of oxime groups is 1. The highest BCUT2D eigenvalue weighted by atomic mass is 32.2. The highest BCUT2D eigenvalue weighted by Gasteiger charge is 2.43. The SMILES string of the molecule is CC(=O)C(F)(F)C(=NOS(C)(=O)=O)c1ccccc1. The number of halogens is 2. The lowest BCUT2D eigenvalue weighted by Gasteiger charge is -2.15.